The molecule has 0 aliphatic carbocycles. The van der Waals surface area contributed by atoms with Crippen molar-refractivity contribution in [3.8, 4) is 11.1 Å². The van der Waals surface area contributed by atoms with Crippen molar-refractivity contribution in [2.45, 2.75) is 26.3 Å². The molecule has 0 saturated heterocycles. The Balaban J connectivity index is 2.26. The molecule has 0 saturated carbocycles. The Labute approximate surface area is 134 Å². The van der Waals surface area contributed by atoms with E-state index in [1.165, 1.54) is 30.3 Å². The van der Waals surface area contributed by atoms with Crippen molar-refractivity contribution in [3.63, 3.8) is 0 Å². The zero-order chi connectivity index (χ0) is 17.2. The van der Waals surface area contributed by atoms with Crippen LogP contribution in [-0.2, 0) is 0 Å². The molecule has 0 aliphatic rings. The van der Waals surface area contributed by atoms with Gasteiger partial charge in [-0.2, -0.15) is 0 Å². The maximum absolute atomic E-state index is 14.4. The fourth-order valence-electron chi connectivity index (χ4n) is 2.21. The smallest absolute Gasteiger partial charge is 0.251 e. The second-order valence-electron chi connectivity index (χ2n) is 6.33. The van der Waals surface area contributed by atoms with Crippen LogP contribution in [0.3, 0.4) is 0 Å². The van der Waals surface area contributed by atoms with Crippen LogP contribution in [0.4, 0.5) is 8.78 Å². The monoisotopic (exact) mass is 318 g/mol. The average molecular weight is 318 g/mol. The molecule has 0 atom stereocenters. The van der Waals surface area contributed by atoms with Crippen molar-refractivity contribution >= 4 is 5.91 Å². The lowest BCUT2D eigenvalue weighted by Gasteiger charge is -2.19. The number of nitrogens with two attached hydrogens (primary N) is 1. The van der Waals surface area contributed by atoms with Crippen molar-refractivity contribution in [1.82, 2.24) is 5.32 Å². The second kappa shape index (κ2) is 6.46. The van der Waals surface area contributed by atoms with Crippen LogP contribution in [0, 0.1) is 18.6 Å². The molecular formula is C18H20F2N2O. The Hall–Kier alpha value is -2.27. The van der Waals surface area contributed by atoms with E-state index in [1.807, 2.05) is 0 Å². The fourth-order valence-corrected chi connectivity index (χ4v) is 2.21. The summed E-state index contributed by atoms with van der Waals surface area (Å²) in [5, 5.41) is 2.66. The van der Waals surface area contributed by atoms with E-state index in [-0.39, 0.29) is 23.8 Å². The first-order valence-electron chi connectivity index (χ1n) is 7.30. The molecule has 0 fully saturated rings. The SMILES string of the molecule is Cc1cc(F)ccc1-c1ccc(C(=O)NCC(C)(C)N)cc1F. The molecule has 0 aliphatic heterocycles. The summed E-state index contributed by atoms with van der Waals surface area (Å²) in [4.78, 5) is 12.0. The van der Waals surface area contributed by atoms with Crippen LogP contribution in [0.2, 0.25) is 0 Å². The van der Waals surface area contributed by atoms with Gasteiger partial charge in [0.25, 0.3) is 5.91 Å². The van der Waals surface area contributed by atoms with Crippen molar-refractivity contribution < 1.29 is 13.6 Å². The first kappa shape index (κ1) is 17.1. The van der Waals surface area contributed by atoms with Gasteiger partial charge in [0.2, 0.25) is 0 Å². The number of hydrogen-bond acceptors (Lipinski definition) is 2. The minimum Gasteiger partial charge on any atom is -0.350 e. The van der Waals surface area contributed by atoms with E-state index >= 15 is 0 Å². The van der Waals surface area contributed by atoms with E-state index in [9.17, 15) is 13.6 Å². The zero-order valence-corrected chi connectivity index (χ0v) is 13.4. The van der Waals surface area contributed by atoms with E-state index in [0.29, 0.717) is 16.7 Å². The Morgan fingerprint density at radius 3 is 2.35 bits per heavy atom. The number of carbonyl (C=O) groups is 1. The number of halogens is 2. The van der Waals surface area contributed by atoms with Crippen molar-refractivity contribution in [2.75, 3.05) is 6.54 Å². The van der Waals surface area contributed by atoms with E-state index in [0.717, 1.165) is 0 Å². The van der Waals surface area contributed by atoms with Gasteiger partial charge in [-0.3, -0.25) is 4.79 Å². The molecule has 23 heavy (non-hydrogen) atoms. The molecule has 1 amide bonds. The second-order valence-corrected chi connectivity index (χ2v) is 6.33. The highest BCUT2D eigenvalue weighted by Gasteiger charge is 2.15. The standard InChI is InChI=1S/C18H20F2N2O/c1-11-8-13(19)5-7-14(11)15-6-4-12(9-16(15)20)17(23)22-10-18(2,3)21/h4-9H,10,21H2,1-3H3,(H,22,23). The summed E-state index contributed by atoms with van der Waals surface area (Å²) in [6.07, 6.45) is 0. The minimum atomic E-state index is -0.542. The summed E-state index contributed by atoms with van der Waals surface area (Å²) in [6.45, 7) is 5.57. The lowest BCUT2D eigenvalue weighted by atomic mass is 9.98. The average Bonchev–Trinajstić information content (AvgIpc) is 2.44. The Morgan fingerprint density at radius 1 is 1.13 bits per heavy atom. The van der Waals surface area contributed by atoms with Crippen molar-refractivity contribution in [2.24, 2.45) is 5.73 Å². The van der Waals surface area contributed by atoms with Crippen LogP contribution in [-0.4, -0.2) is 18.0 Å². The molecular weight excluding hydrogens is 298 g/mol. The number of hydrogen-bond donors (Lipinski definition) is 2. The van der Waals surface area contributed by atoms with Gasteiger partial charge >= 0.3 is 0 Å². The third-order valence-corrected chi connectivity index (χ3v) is 3.41. The molecule has 2 aromatic carbocycles. The number of carbonyl (C=O) groups excluding carboxylic acids is 1. The Bertz CT molecular complexity index is 736. The summed E-state index contributed by atoms with van der Waals surface area (Å²) < 4.78 is 27.5. The Morgan fingerprint density at radius 2 is 1.78 bits per heavy atom. The molecule has 0 unspecified atom stereocenters. The van der Waals surface area contributed by atoms with Gasteiger partial charge in [-0.05, 0) is 56.2 Å². The fraction of sp³-hybridized carbons (Fsp3) is 0.278. The molecule has 2 rings (SSSR count). The van der Waals surface area contributed by atoms with E-state index in [4.69, 9.17) is 5.73 Å². The van der Waals surface area contributed by atoms with E-state index in [2.05, 4.69) is 5.32 Å². The van der Waals surface area contributed by atoms with E-state index in [1.54, 1.807) is 26.8 Å². The molecule has 0 spiro atoms. The van der Waals surface area contributed by atoms with Crippen molar-refractivity contribution in [1.29, 1.82) is 0 Å². The highest BCUT2D eigenvalue weighted by molar-refractivity contribution is 5.94. The normalized spacial score (nSPS) is 11.4. The van der Waals surface area contributed by atoms with E-state index < -0.39 is 11.4 Å². The maximum atomic E-state index is 14.4. The van der Waals surface area contributed by atoms with Gasteiger partial charge < -0.3 is 11.1 Å². The highest BCUT2D eigenvalue weighted by atomic mass is 19.1. The van der Waals surface area contributed by atoms with Crippen LogP contribution in [0.5, 0.6) is 0 Å². The van der Waals surface area contributed by atoms with Crippen LogP contribution in [0.25, 0.3) is 11.1 Å². The number of amides is 1. The van der Waals surface area contributed by atoms with Gasteiger partial charge in [0.05, 0.1) is 0 Å². The maximum Gasteiger partial charge on any atom is 0.251 e. The Kier molecular flexibility index (Phi) is 4.80. The van der Waals surface area contributed by atoms with Gasteiger partial charge in [0.15, 0.2) is 0 Å². The molecule has 3 N–H and O–H groups in total. The first-order chi connectivity index (χ1) is 10.7. The number of aryl methyl sites for hydroxylation is 1. The molecule has 0 heterocycles. The number of benzene rings is 2. The van der Waals surface area contributed by atoms with Crippen LogP contribution in [0.1, 0.15) is 29.8 Å². The van der Waals surface area contributed by atoms with Crippen molar-refractivity contribution in [3.05, 3.63) is 59.2 Å². The number of nitrogens with one attached hydrogen (secondary N) is 1. The largest absolute Gasteiger partial charge is 0.350 e. The summed E-state index contributed by atoms with van der Waals surface area (Å²) >= 11 is 0. The summed E-state index contributed by atoms with van der Waals surface area (Å²) in [6, 6.07) is 8.40. The van der Waals surface area contributed by atoms with Crippen LogP contribution < -0.4 is 11.1 Å². The molecule has 3 nitrogen and oxygen atoms in total. The quantitative estimate of drug-likeness (QED) is 0.907. The predicted molar refractivity (Wildman–Crippen MR) is 87.1 cm³/mol. The third kappa shape index (κ3) is 4.36. The van der Waals surface area contributed by atoms with Gasteiger partial charge in [0, 0.05) is 23.2 Å². The van der Waals surface area contributed by atoms with Gasteiger partial charge in [-0.15, -0.1) is 0 Å². The molecule has 0 bridgehead atoms. The lowest BCUT2D eigenvalue weighted by Crippen LogP contribution is -2.45. The lowest BCUT2D eigenvalue weighted by molar-refractivity contribution is 0.0945. The minimum absolute atomic E-state index is 0.218. The van der Waals surface area contributed by atoms with Gasteiger partial charge in [0.1, 0.15) is 11.6 Å². The van der Waals surface area contributed by atoms with Gasteiger partial charge in [-0.1, -0.05) is 12.1 Å². The van der Waals surface area contributed by atoms with Gasteiger partial charge in [-0.25, -0.2) is 8.78 Å². The topological polar surface area (TPSA) is 55.1 Å². The molecule has 5 heteroatoms. The summed E-state index contributed by atoms with van der Waals surface area (Å²) in [5.74, 6) is -1.28. The molecule has 122 valence electrons. The third-order valence-electron chi connectivity index (χ3n) is 3.41. The highest BCUT2D eigenvalue weighted by Crippen LogP contribution is 2.27. The molecule has 2 aromatic rings. The zero-order valence-electron chi connectivity index (χ0n) is 13.4. The summed E-state index contributed by atoms with van der Waals surface area (Å²) in [5.41, 5.74) is 7.04. The number of rotatable bonds is 4. The summed E-state index contributed by atoms with van der Waals surface area (Å²) in [7, 11) is 0. The first-order valence-corrected chi connectivity index (χ1v) is 7.30. The molecule has 0 aromatic heterocycles. The predicted octanol–water partition coefficient (Wildman–Crippen LogP) is 3.41. The molecule has 0 radical (unpaired) electrons. The van der Waals surface area contributed by atoms with Crippen LogP contribution in [0.15, 0.2) is 36.4 Å². The van der Waals surface area contributed by atoms with Crippen LogP contribution >= 0.6 is 0 Å².